The van der Waals surface area contributed by atoms with E-state index in [0.717, 1.165) is 38.8 Å². The normalized spacial score (nSPS) is 22.9. The minimum absolute atomic E-state index is 0.337. The maximum absolute atomic E-state index is 11.5. The zero-order valence-corrected chi connectivity index (χ0v) is 14.0. The second kappa shape index (κ2) is 9.26. The van der Waals surface area contributed by atoms with Crippen molar-refractivity contribution in [2.75, 3.05) is 19.7 Å². The molecular formula is C16H32N2O3. The summed E-state index contributed by atoms with van der Waals surface area (Å²) in [5.74, 6) is 0. The van der Waals surface area contributed by atoms with Crippen LogP contribution in [0, 0.1) is 0 Å². The van der Waals surface area contributed by atoms with Gasteiger partial charge < -0.3 is 20.1 Å². The Morgan fingerprint density at radius 3 is 2.76 bits per heavy atom. The quantitative estimate of drug-likeness (QED) is 0.710. The molecule has 1 saturated heterocycles. The molecule has 0 aromatic carbocycles. The van der Waals surface area contributed by atoms with Gasteiger partial charge in [0.25, 0.3) is 0 Å². The fourth-order valence-corrected chi connectivity index (χ4v) is 2.49. The molecule has 1 aliphatic heterocycles. The van der Waals surface area contributed by atoms with E-state index in [1.54, 1.807) is 0 Å². The van der Waals surface area contributed by atoms with Crippen molar-refractivity contribution in [2.24, 2.45) is 0 Å². The second-order valence-electron chi connectivity index (χ2n) is 6.74. The largest absolute Gasteiger partial charge is 0.444 e. The first-order chi connectivity index (χ1) is 9.90. The third kappa shape index (κ3) is 8.94. The predicted octanol–water partition coefficient (Wildman–Crippen LogP) is 2.84. The summed E-state index contributed by atoms with van der Waals surface area (Å²) >= 11 is 0. The Morgan fingerprint density at radius 1 is 1.33 bits per heavy atom. The number of carbonyl (C=O) groups is 1. The molecule has 124 valence electrons. The molecule has 0 aromatic rings. The van der Waals surface area contributed by atoms with Crippen molar-refractivity contribution in [3.8, 4) is 0 Å². The van der Waals surface area contributed by atoms with Crippen LogP contribution in [0.5, 0.6) is 0 Å². The first kappa shape index (κ1) is 18.2. The summed E-state index contributed by atoms with van der Waals surface area (Å²) in [5.41, 5.74) is -0.432. The molecule has 0 bridgehead atoms. The van der Waals surface area contributed by atoms with Gasteiger partial charge in [-0.2, -0.15) is 0 Å². The van der Waals surface area contributed by atoms with E-state index in [1.165, 1.54) is 6.42 Å². The van der Waals surface area contributed by atoms with Crippen LogP contribution in [0.1, 0.15) is 59.8 Å². The van der Waals surface area contributed by atoms with Crippen molar-refractivity contribution in [2.45, 2.75) is 77.5 Å². The van der Waals surface area contributed by atoms with Crippen molar-refractivity contribution in [3.05, 3.63) is 0 Å². The molecule has 0 radical (unpaired) electrons. The van der Waals surface area contributed by atoms with E-state index in [4.69, 9.17) is 9.47 Å². The number of ether oxygens (including phenoxy) is 2. The Balaban J connectivity index is 2.05. The number of hydrogen-bond acceptors (Lipinski definition) is 4. The molecule has 0 aliphatic carbocycles. The minimum Gasteiger partial charge on any atom is -0.444 e. The SMILES string of the molecule is CCCC1CC(NCCCNC(=O)OC(C)(C)C)CCO1. The van der Waals surface area contributed by atoms with E-state index in [-0.39, 0.29) is 6.09 Å². The Kier molecular flexibility index (Phi) is 8.04. The van der Waals surface area contributed by atoms with Crippen molar-refractivity contribution < 1.29 is 14.3 Å². The fraction of sp³-hybridized carbons (Fsp3) is 0.938. The predicted molar refractivity (Wildman–Crippen MR) is 84.5 cm³/mol. The van der Waals surface area contributed by atoms with Crippen molar-refractivity contribution in [3.63, 3.8) is 0 Å². The lowest BCUT2D eigenvalue weighted by molar-refractivity contribution is -0.00308. The summed E-state index contributed by atoms with van der Waals surface area (Å²) in [5, 5.41) is 6.34. The molecule has 5 heteroatoms. The molecule has 1 rings (SSSR count). The third-order valence-electron chi connectivity index (χ3n) is 3.43. The average molecular weight is 300 g/mol. The van der Waals surface area contributed by atoms with Crippen LogP contribution in [0.4, 0.5) is 4.79 Å². The summed E-state index contributed by atoms with van der Waals surface area (Å²) in [4.78, 5) is 11.5. The van der Waals surface area contributed by atoms with Crippen LogP contribution in [0.3, 0.4) is 0 Å². The zero-order valence-electron chi connectivity index (χ0n) is 14.0. The van der Waals surface area contributed by atoms with Crippen molar-refractivity contribution in [1.82, 2.24) is 10.6 Å². The standard InChI is InChI=1S/C16H32N2O3/c1-5-7-14-12-13(8-11-20-14)17-9-6-10-18-15(19)21-16(2,3)4/h13-14,17H,5-12H2,1-4H3,(H,18,19). The Bertz CT molecular complexity index is 300. The highest BCUT2D eigenvalue weighted by Crippen LogP contribution is 2.17. The second-order valence-corrected chi connectivity index (χ2v) is 6.74. The molecule has 0 saturated carbocycles. The molecule has 5 nitrogen and oxygen atoms in total. The molecule has 0 aromatic heterocycles. The van der Waals surface area contributed by atoms with Crippen molar-refractivity contribution >= 4 is 6.09 Å². The molecule has 0 spiro atoms. The van der Waals surface area contributed by atoms with Crippen molar-refractivity contribution in [1.29, 1.82) is 0 Å². The van der Waals surface area contributed by atoms with E-state index in [2.05, 4.69) is 17.6 Å². The highest BCUT2D eigenvalue weighted by molar-refractivity contribution is 5.67. The monoisotopic (exact) mass is 300 g/mol. The number of amides is 1. The van der Waals surface area contributed by atoms with Gasteiger partial charge in [0.15, 0.2) is 0 Å². The van der Waals surface area contributed by atoms with Gasteiger partial charge in [-0.05, 0) is 53.0 Å². The molecule has 2 unspecified atom stereocenters. The fourth-order valence-electron chi connectivity index (χ4n) is 2.49. The van der Waals surface area contributed by atoms with Crippen LogP contribution in [0.15, 0.2) is 0 Å². The van der Waals surface area contributed by atoms with E-state index in [9.17, 15) is 4.79 Å². The molecule has 2 atom stereocenters. The third-order valence-corrected chi connectivity index (χ3v) is 3.43. The van der Waals surface area contributed by atoms with Crippen LogP contribution in [-0.4, -0.2) is 43.5 Å². The lowest BCUT2D eigenvalue weighted by Gasteiger charge is -2.30. The number of carbonyl (C=O) groups excluding carboxylic acids is 1. The summed E-state index contributed by atoms with van der Waals surface area (Å²) < 4.78 is 10.9. The van der Waals surface area contributed by atoms with E-state index >= 15 is 0 Å². The maximum atomic E-state index is 11.5. The topological polar surface area (TPSA) is 59.6 Å². The number of rotatable bonds is 7. The summed E-state index contributed by atoms with van der Waals surface area (Å²) in [6.45, 7) is 10.2. The Morgan fingerprint density at radius 2 is 2.10 bits per heavy atom. The first-order valence-electron chi connectivity index (χ1n) is 8.22. The maximum Gasteiger partial charge on any atom is 0.407 e. The van der Waals surface area contributed by atoms with Crippen LogP contribution in [-0.2, 0) is 9.47 Å². The highest BCUT2D eigenvalue weighted by atomic mass is 16.6. The summed E-state index contributed by atoms with van der Waals surface area (Å²) in [7, 11) is 0. The number of alkyl carbamates (subject to hydrolysis) is 1. The number of nitrogens with one attached hydrogen (secondary N) is 2. The van der Waals surface area contributed by atoms with E-state index < -0.39 is 5.60 Å². The average Bonchev–Trinajstić information content (AvgIpc) is 2.37. The summed E-state index contributed by atoms with van der Waals surface area (Å²) in [6.07, 6.45) is 5.51. The van der Waals surface area contributed by atoms with Gasteiger partial charge in [-0.25, -0.2) is 4.79 Å². The zero-order chi connectivity index (χ0) is 15.7. The molecule has 1 amide bonds. The van der Waals surface area contributed by atoms with Gasteiger partial charge in [0.1, 0.15) is 5.60 Å². The van der Waals surface area contributed by atoms with Crippen LogP contribution in [0.2, 0.25) is 0 Å². The van der Waals surface area contributed by atoms with Crippen LogP contribution in [0.25, 0.3) is 0 Å². The smallest absolute Gasteiger partial charge is 0.407 e. The van der Waals surface area contributed by atoms with E-state index in [0.29, 0.717) is 18.7 Å². The number of hydrogen-bond donors (Lipinski definition) is 2. The lowest BCUT2D eigenvalue weighted by Crippen LogP contribution is -2.40. The Labute approximate surface area is 129 Å². The van der Waals surface area contributed by atoms with Gasteiger partial charge in [0.05, 0.1) is 6.10 Å². The molecule has 1 fully saturated rings. The molecule has 1 heterocycles. The molecule has 2 N–H and O–H groups in total. The Hall–Kier alpha value is -0.810. The van der Waals surface area contributed by atoms with Gasteiger partial charge in [0, 0.05) is 19.2 Å². The van der Waals surface area contributed by atoms with E-state index in [1.807, 2.05) is 20.8 Å². The van der Waals surface area contributed by atoms with Gasteiger partial charge in [0.2, 0.25) is 0 Å². The minimum atomic E-state index is -0.432. The highest BCUT2D eigenvalue weighted by Gasteiger charge is 2.21. The molecule has 1 aliphatic rings. The van der Waals surface area contributed by atoms with Gasteiger partial charge >= 0.3 is 6.09 Å². The van der Waals surface area contributed by atoms with Crippen LogP contribution >= 0.6 is 0 Å². The van der Waals surface area contributed by atoms with Gasteiger partial charge in [-0.15, -0.1) is 0 Å². The molecular weight excluding hydrogens is 268 g/mol. The van der Waals surface area contributed by atoms with Crippen LogP contribution < -0.4 is 10.6 Å². The van der Waals surface area contributed by atoms with Gasteiger partial charge in [-0.3, -0.25) is 0 Å². The lowest BCUT2D eigenvalue weighted by atomic mass is 10.00. The molecule has 21 heavy (non-hydrogen) atoms. The summed E-state index contributed by atoms with van der Waals surface area (Å²) in [6, 6.07) is 0.553. The first-order valence-corrected chi connectivity index (χ1v) is 8.22. The van der Waals surface area contributed by atoms with Gasteiger partial charge in [-0.1, -0.05) is 13.3 Å².